The van der Waals surface area contributed by atoms with E-state index in [0.717, 1.165) is 41.0 Å². The zero-order valence-corrected chi connectivity index (χ0v) is 16.5. The monoisotopic (exact) mass is 402 g/mol. The first kappa shape index (κ1) is 19.9. The molecule has 2 atom stereocenters. The molecule has 0 saturated carbocycles. The maximum atomic E-state index is 12.5. The molecule has 7 nitrogen and oxygen atoms in total. The summed E-state index contributed by atoms with van der Waals surface area (Å²) in [6.07, 6.45) is 0.658. The molecule has 2 N–H and O–H groups in total. The molecule has 2 aliphatic heterocycles. The van der Waals surface area contributed by atoms with Crippen molar-refractivity contribution in [2.75, 3.05) is 19.7 Å². The van der Waals surface area contributed by atoms with Gasteiger partial charge in [-0.2, -0.15) is 10.5 Å². The van der Waals surface area contributed by atoms with Crippen LogP contribution in [-0.2, 0) is 22.6 Å². The van der Waals surface area contributed by atoms with Crippen LogP contribution in [0.5, 0.6) is 5.75 Å². The first-order valence-corrected chi connectivity index (χ1v) is 9.99. The topological polar surface area (TPSA) is 107 Å². The molecule has 2 aromatic carbocycles. The molecule has 4 rings (SSSR count). The molecule has 1 saturated heterocycles. The Labute approximate surface area is 175 Å². The molecular formula is C23H22N4O3. The summed E-state index contributed by atoms with van der Waals surface area (Å²) in [5, 5.41) is 24.6. The van der Waals surface area contributed by atoms with Crippen LogP contribution < -0.4 is 15.4 Å². The number of carbonyl (C=O) groups excluding carboxylic acids is 1. The Kier molecular flexibility index (Phi) is 5.94. The van der Waals surface area contributed by atoms with Crippen LogP contribution in [0.1, 0.15) is 23.1 Å². The average molecular weight is 402 g/mol. The summed E-state index contributed by atoms with van der Waals surface area (Å²) in [7, 11) is 0. The molecule has 30 heavy (non-hydrogen) atoms. The Balaban J connectivity index is 1.46. The number of benzene rings is 2. The van der Waals surface area contributed by atoms with Crippen LogP contribution in [0.15, 0.2) is 36.4 Å². The molecule has 0 unspecified atom stereocenters. The molecule has 2 aliphatic rings. The van der Waals surface area contributed by atoms with Gasteiger partial charge in [-0.25, -0.2) is 0 Å². The summed E-state index contributed by atoms with van der Waals surface area (Å²) in [6.45, 7) is 2.19. The number of amides is 1. The molecule has 1 fully saturated rings. The summed E-state index contributed by atoms with van der Waals surface area (Å²) in [5.41, 5.74) is 4.49. The van der Waals surface area contributed by atoms with E-state index in [4.69, 9.17) is 14.7 Å². The van der Waals surface area contributed by atoms with Crippen molar-refractivity contribution in [2.24, 2.45) is 0 Å². The molecule has 0 spiro atoms. The van der Waals surface area contributed by atoms with Crippen LogP contribution >= 0.6 is 0 Å². The minimum atomic E-state index is -0.656. The highest BCUT2D eigenvalue weighted by Gasteiger charge is 2.24. The minimum absolute atomic E-state index is 0.271. The third kappa shape index (κ3) is 4.28. The number of fused-ring (bicyclic) bond motifs is 3. The maximum absolute atomic E-state index is 12.5. The van der Waals surface area contributed by atoms with Gasteiger partial charge in [0, 0.05) is 25.1 Å². The average Bonchev–Trinajstić information content (AvgIpc) is 3.07. The Hall–Kier alpha value is -3.39. The van der Waals surface area contributed by atoms with E-state index >= 15 is 0 Å². The molecule has 0 aliphatic carbocycles. The Morgan fingerprint density at radius 3 is 2.93 bits per heavy atom. The number of ether oxygens (including phenoxy) is 2. The van der Waals surface area contributed by atoms with Crippen LogP contribution in [0.2, 0.25) is 0 Å². The van der Waals surface area contributed by atoms with Crippen LogP contribution in [0.4, 0.5) is 0 Å². The fourth-order valence-corrected chi connectivity index (χ4v) is 3.75. The zero-order chi connectivity index (χ0) is 20.9. The van der Waals surface area contributed by atoms with Gasteiger partial charge in [0.1, 0.15) is 24.5 Å². The van der Waals surface area contributed by atoms with Gasteiger partial charge in [-0.1, -0.05) is 18.2 Å². The summed E-state index contributed by atoms with van der Waals surface area (Å²) in [6, 6.07) is 15.1. The van der Waals surface area contributed by atoms with Crippen LogP contribution in [-0.4, -0.2) is 37.7 Å². The molecule has 0 radical (unpaired) electrons. The second-order valence-corrected chi connectivity index (χ2v) is 7.41. The normalized spacial score (nSPS) is 18.4. The van der Waals surface area contributed by atoms with Crippen LogP contribution in [0.25, 0.3) is 11.1 Å². The minimum Gasteiger partial charge on any atom is -0.488 e. The number of hydrogen-bond acceptors (Lipinski definition) is 6. The van der Waals surface area contributed by atoms with E-state index in [1.165, 1.54) is 0 Å². The summed E-state index contributed by atoms with van der Waals surface area (Å²) in [4.78, 5) is 12.5. The van der Waals surface area contributed by atoms with E-state index in [1.54, 1.807) is 6.07 Å². The van der Waals surface area contributed by atoms with E-state index in [9.17, 15) is 10.1 Å². The number of carbonyl (C=O) groups is 1. The van der Waals surface area contributed by atoms with Gasteiger partial charge in [0.2, 0.25) is 0 Å². The Morgan fingerprint density at radius 1 is 1.23 bits per heavy atom. The van der Waals surface area contributed by atoms with Crippen molar-refractivity contribution in [3.05, 3.63) is 53.1 Å². The number of nitrogens with zero attached hydrogens (tertiary/aromatic N) is 2. The third-order valence-electron chi connectivity index (χ3n) is 5.30. The van der Waals surface area contributed by atoms with Crippen molar-refractivity contribution >= 4 is 5.91 Å². The summed E-state index contributed by atoms with van der Waals surface area (Å²) >= 11 is 0. The lowest BCUT2D eigenvalue weighted by atomic mass is 9.93. The Bertz CT molecular complexity index is 1030. The first-order valence-electron chi connectivity index (χ1n) is 9.99. The lowest BCUT2D eigenvalue weighted by molar-refractivity contribution is -0.132. The largest absolute Gasteiger partial charge is 0.488 e. The third-order valence-corrected chi connectivity index (χ3v) is 5.30. The molecule has 7 heteroatoms. The number of rotatable bonds is 4. The number of hydrogen-bond donors (Lipinski definition) is 2. The van der Waals surface area contributed by atoms with Crippen molar-refractivity contribution in [1.82, 2.24) is 10.6 Å². The molecule has 0 aromatic heterocycles. The number of nitriles is 2. The van der Waals surface area contributed by atoms with E-state index in [0.29, 0.717) is 31.7 Å². The van der Waals surface area contributed by atoms with E-state index < -0.39 is 12.1 Å². The number of nitrogens with one attached hydrogen (secondary N) is 2. The molecule has 152 valence electrons. The quantitative estimate of drug-likeness (QED) is 0.811. The van der Waals surface area contributed by atoms with E-state index in [2.05, 4.69) is 22.8 Å². The van der Waals surface area contributed by atoms with Crippen molar-refractivity contribution in [3.63, 3.8) is 0 Å². The second-order valence-electron chi connectivity index (χ2n) is 7.41. The van der Waals surface area contributed by atoms with Gasteiger partial charge in [0.25, 0.3) is 5.91 Å². The van der Waals surface area contributed by atoms with Gasteiger partial charge in [0.15, 0.2) is 0 Å². The fraction of sp³-hybridized carbons (Fsp3) is 0.348. The molecular weight excluding hydrogens is 380 g/mol. The zero-order valence-electron chi connectivity index (χ0n) is 16.5. The van der Waals surface area contributed by atoms with Crippen molar-refractivity contribution < 1.29 is 14.3 Å². The highest BCUT2D eigenvalue weighted by atomic mass is 16.5. The first-order chi connectivity index (χ1) is 14.7. The fourth-order valence-electron chi connectivity index (χ4n) is 3.75. The van der Waals surface area contributed by atoms with Crippen molar-refractivity contribution in [1.29, 1.82) is 10.5 Å². The van der Waals surface area contributed by atoms with Crippen molar-refractivity contribution in [2.45, 2.75) is 31.6 Å². The standard InChI is InChI=1S/C23H22N4O3/c24-11-16-3-4-19-17(8-16)14-30-21-10-15(2-5-20(19)21)9-18(12-25)27-23(28)22-13-26-6-1-7-29-22/h2-5,8,10,18,22,26H,1,6-7,9,13-14H2,(H,27,28)/t18-,22+/m1/s1. The predicted molar refractivity (Wildman–Crippen MR) is 109 cm³/mol. The van der Waals surface area contributed by atoms with Crippen molar-refractivity contribution in [3.8, 4) is 29.0 Å². The predicted octanol–water partition coefficient (Wildman–Crippen LogP) is 2.05. The smallest absolute Gasteiger partial charge is 0.251 e. The van der Waals surface area contributed by atoms with Gasteiger partial charge in [-0.05, 0) is 47.9 Å². The van der Waals surface area contributed by atoms with Crippen LogP contribution in [0.3, 0.4) is 0 Å². The van der Waals surface area contributed by atoms with Crippen LogP contribution in [0, 0.1) is 22.7 Å². The van der Waals surface area contributed by atoms with Gasteiger partial charge in [0.05, 0.1) is 17.7 Å². The van der Waals surface area contributed by atoms with Gasteiger partial charge < -0.3 is 20.1 Å². The lowest BCUT2D eigenvalue weighted by Gasteiger charge is -2.22. The lowest BCUT2D eigenvalue weighted by Crippen LogP contribution is -2.46. The van der Waals surface area contributed by atoms with E-state index in [-0.39, 0.29) is 5.91 Å². The molecule has 0 bridgehead atoms. The summed E-state index contributed by atoms with van der Waals surface area (Å²) < 4.78 is 11.4. The molecule has 1 amide bonds. The maximum Gasteiger partial charge on any atom is 0.251 e. The second kappa shape index (κ2) is 8.96. The Morgan fingerprint density at radius 2 is 2.10 bits per heavy atom. The van der Waals surface area contributed by atoms with Gasteiger partial charge in [-0.3, -0.25) is 4.79 Å². The van der Waals surface area contributed by atoms with Gasteiger partial charge >= 0.3 is 0 Å². The summed E-state index contributed by atoms with van der Waals surface area (Å²) in [5.74, 6) is 0.469. The van der Waals surface area contributed by atoms with Gasteiger partial charge in [-0.15, -0.1) is 0 Å². The molecule has 2 heterocycles. The molecule has 2 aromatic rings. The highest BCUT2D eigenvalue weighted by Crippen LogP contribution is 2.38. The SMILES string of the molecule is N#Cc1ccc2c(c1)COc1cc(C[C@H](C#N)NC(=O)[C@@H]3CNCCCO3)ccc1-2. The van der Waals surface area contributed by atoms with E-state index in [1.807, 2.05) is 30.3 Å². The highest BCUT2D eigenvalue weighted by molar-refractivity contribution is 5.81.